The zero-order chi connectivity index (χ0) is 14.7. The summed E-state index contributed by atoms with van der Waals surface area (Å²) in [5, 5.41) is 1.18. The lowest BCUT2D eigenvalue weighted by Crippen LogP contribution is -2.16. The normalized spacial score (nSPS) is 11.2. The number of hydrogen-bond acceptors (Lipinski definition) is 5. The molecule has 0 aliphatic carbocycles. The Labute approximate surface area is 128 Å². The molecule has 0 unspecified atom stereocenters. The number of para-hydroxylation sites is 1. The molecular formula is C16H17N3OS. The van der Waals surface area contributed by atoms with Crippen molar-refractivity contribution in [2.24, 2.45) is 0 Å². The van der Waals surface area contributed by atoms with Crippen molar-refractivity contribution in [1.29, 1.82) is 0 Å². The van der Waals surface area contributed by atoms with Crippen molar-refractivity contribution in [1.82, 2.24) is 14.3 Å². The van der Waals surface area contributed by atoms with Gasteiger partial charge in [-0.15, -0.1) is 0 Å². The van der Waals surface area contributed by atoms with Crippen molar-refractivity contribution < 1.29 is 4.74 Å². The van der Waals surface area contributed by atoms with Crippen molar-refractivity contribution in [3.05, 3.63) is 53.0 Å². The lowest BCUT2D eigenvalue weighted by molar-refractivity contribution is 0.321. The summed E-state index contributed by atoms with van der Waals surface area (Å²) in [5.74, 6) is 0.691. The number of fused-ring (bicyclic) bond motifs is 1. The summed E-state index contributed by atoms with van der Waals surface area (Å²) in [5.41, 5.74) is 2.25. The van der Waals surface area contributed by atoms with Crippen LogP contribution in [0.5, 0.6) is 5.88 Å². The van der Waals surface area contributed by atoms with Gasteiger partial charge in [-0.2, -0.15) is 4.37 Å². The molecule has 0 fully saturated rings. The maximum atomic E-state index is 5.11. The monoisotopic (exact) mass is 299 g/mol. The number of benzene rings is 1. The van der Waals surface area contributed by atoms with E-state index in [1.165, 1.54) is 27.4 Å². The van der Waals surface area contributed by atoms with Crippen LogP contribution in [-0.2, 0) is 13.1 Å². The van der Waals surface area contributed by atoms with Gasteiger partial charge in [0.1, 0.15) is 0 Å². The predicted octanol–water partition coefficient (Wildman–Crippen LogP) is 3.33. The van der Waals surface area contributed by atoms with E-state index in [1.54, 1.807) is 7.11 Å². The molecule has 3 aromatic rings. The van der Waals surface area contributed by atoms with Gasteiger partial charge in [-0.1, -0.05) is 18.2 Å². The molecule has 0 spiro atoms. The SMILES string of the molecule is COc1cc(CN(C)Cc2cnc3ccccc3c2)sn1. The fourth-order valence-corrected chi connectivity index (χ4v) is 3.07. The molecule has 21 heavy (non-hydrogen) atoms. The van der Waals surface area contributed by atoms with Gasteiger partial charge in [-0.25, -0.2) is 0 Å². The van der Waals surface area contributed by atoms with Crippen molar-refractivity contribution in [2.75, 3.05) is 14.2 Å². The van der Waals surface area contributed by atoms with Gasteiger partial charge >= 0.3 is 0 Å². The Bertz CT molecular complexity index is 741. The third-order valence-electron chi connectivity index (χ3n) is 3.27. The Morgan fingerprint density at radius 1 is 1.19 bits per heavy atom. The molecule has 0 bridgehead atoms. The van der Waals surface area contributed by atoms with Crippen LogP contribution < -0.4 is 4.74 Å². The quantitative estimate of drug-likeness (QED) is 0.724. The summed E-state index contributed by atoms with van der Waals surface area (Å²) < 4.78 is 9.33. The van der Waals surface area contributed by atoms with Crippen LogP contribution in [0.2, 0.25) is 0 Å². The fraction of sp³-hybridized carbons (Fsp3) is 0.250. The largest absolute Gasteiger partial charge is 0.480 e. The van der Waals surface area contributed by atoms with Crippen LogP contribution in [0.15, 0.2) is 42.6 Å². The molecule has 0 saturated carbocycles. The Morgan fingerprint density at radius 3 is 2.86 bits per heavy atom. The topological polar surface area (TPSA) is 38.2 Å². The van der Waals surface area contributed by atoms with Gasteiger partial charge in [0.2, 0.25) is 5.88 Å². The van der Waals surface area contributed by atoms with E-state index < -0.39 is 0 Å². The molecule has 0 aliphatic heterocycles. The molecule has 0 saturated heterocycles. The molecule has 1 aromatic carbocycles. The third kappa shape index (κ3) is 3.37. The minimum absolute atomic E-state index is 0.691. The van der Waals surface area contributed by atoms with Gasteiger partial charge in [0.05, 0.1) is 12.6 Å². The van der Waals surface area contributed by atoms with E-state index in [1.807, 2.05) is 30.5 Å². The Balaban J connectivity index is 1.69. The second-order valence-corrected chi connectivity index (χ2v) is 5.93. The minimum Gasteiger partial charge on any atom is -0.480 e. The van der Waals surface area contributed by atoms with E-state index in [0.717, 1.165) is 18.6 Å². The van der Waals surface area contributed by atoms with Gasteiger partial charge in [0.15, 0.2) is 0 Å². The van der Waals surface area contributed by atoms with E-state index in [4.69, 9.17) is 4.74 Å². The summed E-state index contributed by atoms with van der Waals surface area (Å²) in [6.07, 6.45) is 1.95. The van der Waals surface area contributed by atoms with Gasteiger partial charge < -0.3 is 4.74 Å². The van der Waals surface area contributed by atoms with Crippen molar-refractivity contribution in [3.63, 3.8) is 0 Å². The molecule has 2 aromatic heterocycles. The Kier molecular flexibility index (Phi) is 4.13. The average molecular weight is 299 g/mol. The van der Waals surface area contributed by atoms with Crippen molar-refractivity contribution in [2.45, 2.75) is 13.1 Å². The summed E-state index contributed by atoms with van der Waals surface area (Å²) in [7, 11) is 3.74. The summed E-state index contributed by atoms with van der Waals surface area (Å²) in [6.45, 7) is 1.71. The molecule has 5 heteroatoms. The van der Waals surface area contributed by atoms with Crippen LogP contribution in [0.1, 0.15) is 10.4 Å². The third-order valence-corrected chi connectivity index (χ3v) is 4.02. The molecule has 0 radical (unpaired) electrons. The molecule has 0 aliphatic rings. The standard InChI is InChI=1S/C16H17N3OS/c1-19(11-14-8-16(20-2)18-21-14)10-12-7-13-5-3-4-6-15(13)17-9-12/h3-9H,10-11H2,1-2H3. The van der Waals surface area contributed by atoms with Crippen molar-refractivity contribution in [3.8, 4) is 5.88 Å². The molecule has 108 valence electrons. The number of rotatable bonds is 5. The first-order chi connectivity index (χ1) is 10.2. The molecule has 0 amide bonds. The highest BCUT2D eigenvalue weighted by molar-refractivity contribution is 7.05. The highest BCUT2D eigenvalue weighted by Gasteiger charge is 2.07. The van der Waals surface area contributed by atoms with E-state index in [0.29, 0.717) is 5.88 Å². The average Bonchev–Trinajstić information content (AvgIpc) is 2.94. The second-order valence-electron chi connectivity index (χ2n) is 5.04. The molecule has 2 heterocycles. The van der Waals surface area contributed by atoms with Crippen LogP contribution in [0.4, 0.5) is 0 Å². The van der Waals surface area contributed by atoms with E-state index in [2.05, 4.69) is 33.4 Å². The molecular weight excluding hydrogens is 282 g/mol. The first-order valence-electron chi connectivity index (χ1n) is 6.76. The van der Waals surface area contributed by atoms with Crippen LogP contribution >= 0.6 is 11.5 Å². The predicted molar refractivity (Wildman–Crippen MR) is 85.6 cm³/mol. The van der Waals surface area contributed by atoms with E-state index in [9.17, 15) is 0 Å². The number of pyridine rings is 1. The first kappa shape index (κ1) is 14.0. The number of hydrogen-bond donors (Lipinski definition) is 0. The molecule has 3 rings (SSSR count). The van der Waals surface area contributed by atoms with E-state index in [-0.39, 0.29) is 0 Å². The summed E-state index contributed by atoms with van der Waals surface area (Å²) >= 11 is 1.48. The second kappa shape index (κ2) is 6.20. The Hall–Kier alpha value is -1.98. The van der Waals surface area contributed by atoms with Crippen LogP contribution in [-0.4, -0.2) is 28.4 Å². The van der Waals surface area contributed by atoms with Crippen LogP contribution in [0.25, 0.3) is 10.9 Å². The molecule has 4 nitrogen and oxygen atoms in total. The van der Waals surface area contributed by atoms with Crippen molar-refractivity contribution >= 4 is 22.4 Å². The Morgan fingerprint density at radius 2 is 2.05 bits per heavy atom. The summed E-state index contributed by atoms with van der Waals surface area (Å²) in [4.78, 5) is 7.95. The number of nitrogens with zero attached hydrogens (tertiary/aromatic N) is 3. The zero-order valence-corrected chi connectivity index (χ0v) is 12.9. The fourth-order valence-electron chi connectivity index (χ4n) is 2.30. The molecule has 0 atom stereocenters. The van der Waals surface area contributed by atoms with Gasteiger partial charge in [-0.3, -0.25) is 9.88 Å². The van der Waals surface area contributed by atoms with Gasteiger partial charge in [0, 0.05) is 35.6 Å². The van der Waals surface area contributed by atoms with Gasteiger partial charge in [-0.05, 0) is 36.3 Å². The minimum atomic E-state index is 0.691. The van der Waals surface area contributed by atoms with Crippen LogP contribution in [0.3, 0.4) is 0 Å². The smallest absolute Gasteiger partial charge is 0.225 e. The lowest BCUT2D eigenvalue weighted by atomic mass is 10.1. The highest BCUT2D eigenvalue weighted by Crippen LogP contribution is 2.19. The lowest BCUT2D eigenvalue weighted by Gasteiger charge is -2.15. The number of aromatic nitrogens is 2. The maximum Gasteiger partial charge on any atom is 0.225 e. The maximum absolute atomic E-state index is 5.11. The number of methoxy groups -OCH3 is 1. The van der Waals surface area contributed by atoms with E-state index >= 15 is 0 Å². The zero-order valence-electron chi connectivity index (χ0n) is 12.1. The summed E-state index contributed by atoms with van der Waals surface area (Å²) in [6, 6.07) is 12.4. The molecule has 0 N–H and O–H groups in total. The van der Waals surface area contributed by atoms with Gasteiger partial charge in [0.25, 0.3) is 0 Å². The first-order valence-corrected chi connectivity index (χ1v) is 7.54. The number of ether oxygens (including phenoxy) is 1. The van der Waals surface area contributed by atoms with Crippen LogP contribution in [0, 0.1) is 0 Å². The highest BCUT2D eigenvalue weighted by atomic mass is 32.1.